The molecule has 4 rings (SSSR count). The smallest absolute Gasteiger partial charge is 0.241 e. The lowest BCUT2D eigenvalue weighted by Crippen LogP contribution is -2.56. The van der Waals surface area contributed by atoms with Crippen LogP contribution in [-0.4, -0.2) is 44.9 Å². The van der Waals surface area contributed by atoms with Crippen LogP contribution in [-0.2, 0) is 4.79 Å². The van der Waals surface area contributed by atoms with Gasteiger partial charge in [-0.1, -0.05) is 11.3 Å². The fourth-order valence-corrected chi connectivity index (χ4v) is 3.62. The normalized spacial score (nSPS) is 26.0. The van der Waals surface area contributed by atoms with Crippen LogP contribution in [0.2, 0.25) is 0 Å². The molecule has 2 aromatic rings. The molecule has 2 saturated heterocycles. The summed E-state index contributed by atoms with van der Waals surface area (Å²) in [7, 11) is 0. The first kappa shape index (κ1) is 12.9. The highest BCUT2D eigenvalue weighted by Crippen LogP contribution is 2.28. The molecule has 7 nitrogen and oxygen atoms in total. The molecule has 2 N–H and O–H groups in total. The van der Waals surface area contributed by atoms with Crippen LogP contribution in [0.25, 0.3) is 0 Å². The van der Waals surface area contributed by atoms with E-state index in [0.717, 1.165) is 6.42 Å². The van der Waals surface area contributed by atoms with Crippen LogP contribution in [0.3, 0.4) is 0 Å². The molecule has 2 unspecified atom stereocenters. The van der Waals surface area contributed by atoms with Crippen molar-refractivity contribution in [2.45, 2.75) is 24.5 Å². The fourth-order valence-electron chi connectivity index (χ4n) is 2.83. The van der Waals surface area contributed by atoms with E-state index in [4.69, 9.17) is 0 Å². The Balaban J connectivity index is 1.33. The molecule has 8 heteroatoms. The Morgan fingerprint density at radius 2 is 2.29 bits per heavy atom. The highest BCUT2D eigenvalue weighted by molar-refractivity contribution is 7.10. The Labute approximate surface area is 125 Å². The molecule has 0 bridgehead atoms. The molecule has 2 aliphatic rings. The molecule has 1 amide bonds. The van der Waals surface area contributed by atoms with Gasteiger partial charge in [-0.25, -0.2) is 15.5 Å². The van der Waals surface area contributed by atoms with E-state index in [-0.39, 0.29) is 24.0 Å². The zero-order valence-electron chi connectivity index (χ0n) is 11.3. The lowest BCUT2D eigenvalue weighted by Gasteiger charge is -2.40. The minimum Gasteiger partial charge on any atom is -0.337 e. The predicted molar refractivity (Wildman–Crippen MR) is 77.4 cm³/mol. The Kier molecular flexibility index (Phi) is 3.21. The third-order valence-corrected chi connectivity index (χ3v) is 5.06. The van der Waals surface area contributed by atoms with Gasteiger partial charge in [0.25, 0.3) is 0 Å². The monoisotopic (exact) mass is 304 g/mol. The molecule has 2 aromatic heterocycles. The van der Waals surface area contributed by atoms with Gasteiger partial charge in [0.2, 0.25) is 5.91 Å². The van der Waals surface area contributed by atoms with Gasteiger partial charge in [0, 0.05) is 24.2 Å². The molecule has 0 aromatic carbocycles. The average molecular weight is 304 g/mol. The highest BCUT2D eigenvalue weighted by Gasteiger charge is 2.39. The van der Waals surface area contributed by atoms with E-state index in [1.807, 2.05) is 21.8 Å². The van der Waals surface area contributed by atoms with E-state index < -0.39 is 0 Å². The zero-order valence-corrected chi connectivity index (χ0v) is 12.2. The van der Waals surface area contributed by atoms with Crippen LogP contribution in [0.5, 0.6) is 0 Å². The quantitative estimate of drug-likeness (QED) is 0.855. The number of likely N-dealkylation sites (tertiary alicyclic amines) is 1. The van der Waals surface area contributed by atoms with Crippen molar-refractivity contribution in [3.63, 3.8) is 0 Å². The van der Waals surface area contributed by atoms with Gasteiger partial charge in [0.15, 0.2) is 0 Å². The summed E-state index contributed by atoms with van der Waals surface area (Å²) in [5.74, 6) is 0.165. The second-order valence-electron chi connectivity index (χ2n) is 5.43. The first-order chi connectivity index (χ1) is 10.3. The summed E-state index contributed by atoms with van der Waals surface area (Å²) in [6.45, 7) is 1.42. The first-order valence-corrected chi connectivity index (χ1v) is 7.88. The maximum absolute atomic E-state index is 12.4. The molecule has 0 spiro atoms. The fraction of sp³-hybridized carbons (Fsp3) is 0.462. The van der Waals surface area contributed by atoms with Crippen molar-refractivity contribution in [2.24, 2.45) is 0 Å². The minimum absolute atomic E-state index is 0.145. The van der Waals surface area contributed by atoms with Crippen LogP contribution in [0.15, 0.2) is 29.9 Å². The van der Waals surface area contributed by atoms with Crippen LogP contribution in [0.4, 0.5) is 0 Å². The minimum atomic E-state index is -0.145. The van der Waals surface area contributed by atoms with Gasteiger partial charge in [-0.15, -0.1) is 16.4 Å². The predicted octanol–water partition coefficient (Wildman–Crippen LogP) is 0.331. The summed E-state index contributed by atoms with van der Waals surface area (Å²) in [5, 5.41) is 9.84. The van der Waals surface area contributed by atoms with E-state index in [9.17, 15) is 4.79 Å². The lowest BCUT2D eigenvalue weighted by molar-refractivity contribution is -0.139. The van der Waals surface area contributed by atoms with Crippen molar-refractivity contribution in [1.29, 1.82) is 0 Å². The number of carbonyl (C=O) groups excluding carboxylic acids is 1. The number of hydrazine groups is 1. The lowest BCUT2D eigenvalue weighted by atomic mass is 10.0. The summed E-state index contributed by atoms with van der Waals surface area (Å²) >= 11 is 1.71. The molecule has 110 valence electrons. The molecule has 2 aliphatic heterocycles. The summed E-state index contributed by atoms with van der Waals surface area (Å²) in [5.41, 5.74) is 6.34. The molecule has 0 radical (unpaired) electrons. The molecule has 2 atom stereocenters. The van der Waals surface area contributed by atoms with E-state index in [0.29, 0.717) is 13.1 Å². The number of hydrogen-bond donors (Lipinski definition) is 2. The molecule has 4 heterocycles. The number of nitrogens with zero attached hydrogens (tertiary/aromatic N) is 4. The van der Waals surface area contributed by atoms with E-state index in [1.54, 1.807) is 17.5 Å². The summed E-state index contributed by atoms with van der Waals surface area (Å²) < 4.78 is 1.82. The Morgan fingerprint density at radius 1 is 1.38 bits per heavy atom. The van der Waals surface area contributed by atoms with E-state index in [1.165, 1.54) is 4.88 Å². The van der Waals surface area contributed by atoms with Gasteiger partial charge in [-0.05, 0) is 17.9 Å². The van der Waals surface area contributed by atoms with Gasteiger partial charge in [-0.3, -0.25) is 4.79 Å². The van der Waals surface area contributed by atoms with Crippen LogP contribution < -0.4 is 10.9 Å². The number of nitrogens with one attached hydrogen (secondary N) is 2. The van der Waals surface area contributed by atoms with Crippen molar-refractivity contribution in [2.75, 3.05) is 13.1 Å². The number of thiophene rings is 1. The molecule has 21 heavy (non-hydrogen) atoms. The molecular weight excluding hydrogens is 288 g/mol. The van der Waals surface area contributed by atoms with Gasteiger partial charge in [0.05, 0.1) is 18.3 Å². The van der Waals surface area contributed by atoms with Gasteiger partial charge < -0.3 is 4.90 Å². The van der Waals surface area contributed by atoms with E-state index >= 15 is 0 Å². The highest BCUT2D eigenvalue weighted by atomic mass is 32.1. The Morgan fingerprint density at radius 3 is 3.00 bits per heavy atom. The number of rotatable bonds is 3. The third-order valence-electron chi connectivity index (χ3n) is 4.08. The largest absolute Gasteiger partial charge is 0.337 e. The Bertz CT molecular complexity index is 607. The summed E-state index contributed by atoms with van der Waals surface area (Å²) in [6.07, 6.45) is 4.30. The molecule has 2 fully saturated rings. The average Bonchev–Trinajstić information content (AvgIpc) is 3.18. The van der Waals surface area contributed by atoms with Crippen molar-refractivity contribution in [1.82, 2.24) is 30.7 Å². The first-order valence-electron chi connectivity index (χ1n) is 7.00. The standard InChI is InChI=1S/C13H16N6OS/c20-13(18-7-9(8-18)19-4-3-14-17-19)11-6-10(15-16-11)12-2-1-5-21-12/h1-5,9-11,15-16H,6-8H2. The van der Waals surface area contributed by atoms with Gasteiger partial charge in [0.1, 0.15) is 6.04 Å². The summed E-state index contributed by atoms with van der Waals surface area (Å²) in [6, 6.07) is 4.48. The number of carbonyl (C=O) groups is 1. The SMILES string of the molecule is O=C(C1CC(c2cccs2)NN1)N1CC(n2ccnn2)C1. The topological polar surface area (TPSA) is 75.1 Å². The summed E-state index contributed by atoms with van der Waals surface area (Å²) in [4.78, 5) is 15.6. The number of hydrogen-bond acceptors (Lipinski definition) is 6. The Hall–Kier alpha value is -1.77. The van der Waals surface area contributed by atoms with E-state index in [2.05, 4.69) is 32.6 Å². The second kappa shape index (κ2) is 5.21. The number of amides is 1. The van der Waals surface area contributed by atoms with Crippen LogP contribution in [0, 0.1) is 0 Å². The van der Waals surface area contributed by atoms with Crippen molar-refractivity contribution < 1.29 is 4.79 Å². The van der Waals surface area contributed by atoms with Crippen molar-refractivity contribution >= 4 is 17.2 Å². The van der Waals surface area contributed by atoms with Gasteiger partial charge >= 0.3 is 0 Å². The molecule has 0 aliphatic carbocycles. The van der Waals surface area contributed by atoms with Crippen LogP contribution in [0.1, 0.15) is 23.4 Å². The third kappa shape index (κ3) is 2.35. The van der Waals surface area contributed by atoms with Crippen molar-refractivity contribution in [3.8, 4) is 0 Å². The van der Waals surface area contributed by atoms with Crippen molar-refractivity contribution in [3.05, 3.63) is 34.8 Å². The van der Waals surface area contributed by atoms with Gasteiger partial charge in [-0.2, -0.15) is 0 Å². The second-order valence-corrected chi connectivity index (χ2v) is 6.40. The zero-order chi connectivity index (χ0) is 14.2. The maximum atomic E-state index is 12.4. The molecule has 0 saturated carbocycles. The number of aromatic nitrogens is 3. The molecular formula is C13H16N6OS. The van der Waals surface area contributed by atoms with Crippen LogP contribution >= 0.6 is 11.3 Å². The maximum Gasteiger partial charge on any atom is 0.241 e.